The monoisotopic (exact) mass is 334 g/mol. The van der Waals surface area contributed by atoms with Crippen molar-refractivity contribution in [1.82, 2.24) is 0 Å². The maximum atomic E-state index is 12.8. The zero-order chi connectivity index (χ0) is 18.1. The van der Waals surface area contributed by atoms with Crippen molar-refractivity contribution in [1.29, 1.82) is 0 Å². The van der Waals surface area contributed by atoms with Gasteiger partial charge in [0.05, 0.1) is 17.0 Å². The molecule has 0 saturated heterocycles. The number of aromatic hydroxyl groups is 2. The van der Waals surface area contributed by atoms with Crippen molar-refractivity contribution in [3.05, 3.63) is 82.5 Å². The largest absolute Gasteiger partial charge is 0.507 e. The molecule has 2 aromatic carbocycles. The summed E-state index contributed by atoms with van der Waals surface area (Å²) in [7, 11) is 0. The van der Waals surface area contributed by atoms with Crippen LogP contribution in [0.15, 0.2) is 54.6 Å². The second kappa shape index (κ2) is 6.40. The number of benzene rings is 2. The van der Waals surface area contributed by atoms with Crippen molar-refractivity contribution in [2.75, 3.05) is 0 Å². The first-order valence-electron chi connectivity index (χ1n) is 7.99. The number of fused-ring (bicyclic) bond motifs is 2. The van der Waals surface area contributed by atoms with Crippen molar-refractivity contribution in [3.63, 3.8) is 0 Å². The molecule has 1 aliphatic rings. The normalized spacial score (nSPS) is 16.2. The minimum absolute atomic E-state index is 0.0759. The molecule has 4 nitrogen and oxygen atoms in total. The van der Waals surface area contributed by atoms with E-state index in [9.17, 15) is 19.8 Å². The fraction of sp³-hybridized carbons (Fsp3) is 0.143. The molecule has 1 unspecified atom stereocenters. The van der Waals surface area contributed by atoms with Crippen molar-refractivity contribution in [2.45, 2.75) is 19.8 Å². The molecule has 0 saturated carbocycles. The molecule has 0 spiro atoms. The standard InChI is InChI=1S/C21H18O4/c1-3-4-5-8-15(22)18-13-7-6-9-16(23)19(13)21(25)20-14(18)10-12(2)11-17(20)24/h3-11,18,23-24H,1-2H3. The van der Waals surface area contributed by atoms with Gasteiger partial charge in [0.1, 0.15) is 11.5 Å². The molecule has 0 fully saturated rings. The van der Waals surface area contributed by atoms with Gasteiger partial charge in [0, 0.05) is 0 Å². The Bertz CT molecular complexity index is 935. The van der Waals surface area contributed by atoms with Crippen LogP contribution in [0.2, 0.25) is 0 Å². The molecule has 2 N–H and O–H groups in total. The van der Waals surface area contributed by atoms with Crippen LogP contribution in [0.3, 0.4) is 0 Å². The Labute approximate surface area is 145 Å². The molecule has 1 atom stereocenters. The summed E-state index contributed by atoms with van der Waals surface area (Å²) in [6.07, 6.45) is 6.62. The van der Waals surface area contributed by atoms with Crippen molar-refractivity contribution in [2.24, 2.45) is 0 Å². The molecular weight excluding hydrogens is 316 g/mol. The van der Waals surface area contributed by atoms with E-state index in [0.717, 1.165) is 5.56 Å². The zero-order valence-electron chi connectivity index (χ0n) is 14.0. The number of allylic oxidation sites excluding steroid dienone is 4. The highest BCUT2D eigenvalue weighted by molar-refractivity contribution is 6.18. The van der Waals surface area contributed by atoms with E-state index in [1.54, 1.807) is 43.4 Å². The molecule has 2 aromatic rings. The number of rotatable bonds is 3. The molecule has 0 aliphatic heterocycles. The van der Waals surface area contributed by atoms with Crippen LogP contribution in [-0.2, 0) is 4.79 Å². The molecule has 126 valence electrons. The van der Waals surface area contributed by atoms with Gasteiger partial charge < -0.3 is 10.2 Å². The van der Waals surface area contributed by atoms with Gasteiger partial charge in [-0.05, 0) is 48.7 Å². The predicted molar refractivity (Wildman–Crippen MR) is 95.2 cm³/mol. The summed E-state index contributed by atoms with van der Waals surface area (Å²) in [5.74, 6) is -1.81. The first-order chi connectivity index (χ1) is 12.0. The third-order valence-electron chi connectivity index (χ3n) is 4.29. The maximum absolute atomic E-state index is 12.8. The predicted octanol–water partition coefficient (Wildman–Crippen LogP) is 3.78. The molecule has 0 bridgehead atoms. The van der Waals surface area contributed by atoms with Crippen molar-refractivity contribution >= 4 is 11.6 Å². The van der Waals surface area contributed by atoms with E-state index in [2.05, 4.69) is 0 Å². The fourth-order valence-electron chi connectivity index (χ4n) is 3.27. The summed E-state index contributed by atoms with van der Waals surface area (Å²) in [4.78, 5) is 25.7. The van der Waals surface area contributed by atoms with E-state index in [1.165, 1.54) is 18.2 Å². The lowest BCUT2D eigenvalue weighted by atomic mass is 9.74. The lowest BCUT2D eigenvalue weighted by Gasteiger charge is -2.27. The van der Waals surface area contributed by atoms with Crippen LogP contribution in [0, 0.1) is 6.92 Å². The first-order valence-corrected chi connectivity index (χ1v) is 7.99. The Kier molecular flexibility index (Phi) is 4.28. The van der Waals surface area contributed by atoms with Gasteiger partial charge in [-0.2, -0.15) is 0 Å². The van der Waals surface area contributed by atoms with Crippen molar-refractivity contribution < 1.29 is 19.8 Å². The molecule has 4 heteroatoms. The Morgan fingerprint density at radius 1 is 1.04 bits per heavy atom. The smallest absolute Gasteiger partial charge is 0.201 e. The van der Waals surface area contributed by atoms with Gasteiger partial charge in [0.25, 0.3) is 0 Å². The zero-order valence-corrected chi connectivity index (χ0v) is 14.0. The van der Waals surface area contributed by atoms with Gasteiger partial charge in [-0.1, -0.05) is 36.4 Å². The van der Waals surface area contributed by atoms with E-state index in [4.69, 9.17) is 0 Å². The Morgan fingerprint density at radius 2 is 1.76 bits per heavy atom. The van der Waals surface area contributed by atoms with Gasteiger partial charge in [-0.25, -0.2) is 0 Å². The number of phenols is 2. The molecule has 25 heavy (non-hydrogen) atoms. The second-order valence-electron chi connectivity index (χ2n) is 6.04. The Morgan fingerprint density at radius 3 is 2.48 bits per heavy atom. The number of aryl methyl sites for hydroxylation is 1. The molecule has 0 heterocycles. The lowest BCUT2D eigenvalue weighted by Crippen LogP contribution is -2.24. The summed E-state index contributed by atoms with van der Waals surface area (Å²) < 4.78 is 0. The van der Waals surface area contributed by atoms with E-state index in [-0.39, 0.29) is 28.4 Å². The number of hydrogen-bond donors (Lipinski definition) is 2. The molecule has 1 aliphatic carbocycles. The lowest BCUT2D eigenvalue weighted by molar-refractivity contribution is -0.115. The number of hydrogen-bond acceptors (Lipinski definition) is 4. The second-order valence-corrected chi connectivity index (χ2v) is 6.04. The molecule has 0 amide bonds. The average Bonchev–Trinajstić information content (AvgIpc) is 2.54. The van der Waals surface area contributed by atoms with Crippen LogP contribution in [0.4, 0.5) is 0 Å². The van der Waals surface area contributed by atoms with Gasteiger partial charge in [0.15, 0.2) is 5.78 Å². The van der Waals surface area contributed by atoms with Gasteiger partial charge in [-0.15, -0.1) is 0 Å². The van der Waals surface area contributed by atoms with Crippen LogP contribution in [0.5, 0.6) is 11.5 Å². The number of carbonyl (C=O) groups is 2. The Balaban J connectivity index is 2.29. The van der Waals surface area contributed by atoms with E-state index >= 15 is 0 Å². The third-order valence-corrected chi connectivity index (χ3v) is 4.29. The number of carbonyl (C=O) groups excluding carboxylic acids is 2. The molecule has 0 radical (unpaired) electrons. The maximum Gasteiger partial charge on any atom is 0.201 e. The van der Waals surface area contributed by atoms with Crippen LogP contribution in [0.1, 0.15) is 45.5 Å². The van der Waals surface area contributed by atoms with Crippen LogP contribution < -0.4 is 0 Å². The highest BCUT2D eigenvalue weighted by Crippen LogP contribution is 2.43. The summed E-state index contributed by atoms with van der Waals surface area (Å²) in [6.45, 7) is 3.64. The summed E-state index contributed by atoms with van der Waals surface area (Å²) in [5, 5.41) is 20.5. The van der Waals surface area contributed by atoms with Crippen LogP contribution >= 0.6 is 0 Å². The van der Waals surface area contributed by atoms with E-state index < -0.39 is 11.7 Å². The first kappa shape index (κ1) is 16.7. The number of ketones is 2. The fourth-order valence-corrected chi connectivity index (χ4v) is 3.27. The van der Waals surface area contributed by atoms with E-state index in [0.29, 0.717) is 11.1 Å². The molecule has 0 aromatic heterocycles. The minimum atomic E-state index is -0.748. The summed E-state index contributed by atoms with van der Waals surface area (Å²) >= 11 is 0. The number of phenolic OH excluding ortho intramolecular Hbond substituents is 2. The quantitative estimate of drug-likeness (QED) is 0.661. The van der Waals surface area contributed by atoms with Crippen LogP contribution in [-0.4, -0.2) is 21.8 Å². The Hall–Kier alpha value is -3.14. The SMILES string of the molecule is CC=CC=CC(=O)C1c2cccc(O)c2C(=O)c2c(O)cc(C)cc21. The summed E-state index contributed by atoms with van der Waals surface area (Å²) in [6, 6.07) is 7.91. The average molecular weight is 334 g/mol. The van der Waals surface area contributed by atoms with E-state index in [1.807, 2.05) is 6.92 Å². The minimum Gasteiger partial charge on any atom is -0.507 e. The third kappa shape index (κ3) is 2.76. The van der Waals surface area contributed by atoms with Crippen molar-refractivity contribution in [3.8, 4) is 11.5 Å². The highest BCUT2D eigenvalue weighted by atomic mass is 16.3. The highest BCUT2D eigenvalue weighted by Gasteiger charge is 2.37. The topological polar surface area (TPSA) is 74.6 Å². The molecular formula is C21H18O4. The summed E-state index contributed by atoms with van der Waals surface area (Å²) in [5.41, 5.74) is 1.83. The van der Waals surface area contributed by atoms with Gasteiger partial charge in [0.2, 0.25) is 5.78 Å². The van der Waals surface area contributed by atoms with Gasteiger partial charge in [-0.3, -0.25) is 9.59 Å². The molecule has 3 rings (SSSR count). The van der Waals surface area contributed by atoms with Gasteiger partial charge >= 0.3 is 0 Å². The van der Waals surface area contributed by atoms with Crippen LogP contribution in [0.25, 0.3) is 0 Å².